The summed E-state index contributed by atoms with van der Waals surface area (Å²) < 4.78 is 10.7. The molecule has 3 rings (SSSR count). The van der Waals surface area contributed by atoms with Crippen molar-refractivity contribution in [2.75, 3.05) is 6.79 Å². The number of benzene rings is 1. The minimum absolute atomic E-state index is 0.289. The maximum atomic E-state index is 5.66. The van der Waals surface area contributed by atoms with Gasteiger partial charge in [0.05, 0.1) is 5.52 Å². The number of H-pyrrole nitrogens is 1. The van der Waals surface area contributed by atoms with E-state index in [9.17, 15) is 0 Å². The van der Waals surface area contributed by atoms with Crippen LogP contribution in [0.2, 0.25) is 0 Å². The standard InChI is InChI=1S/C10H10N2O2/c11-4-6-3-8-10(14-5-13-8)9-7(6)1-2-12-9/h1-3,12H,4-5,11H2. The van der Waals surface area contributed by atoms with Gasteiger partial charge in [-0.05, 0) is 17.7 Å². The molecule has 14 heavy (non-hydrogen) atoms. The second-order valence-corrected chi connectivity index (χ2v) is 3.24. The fraction of sp³-hybridized carbons (Fsp3) is 0.200. The summed E-state index contributed by atoms with van der Waals surface area (Å²) in [5.41, 5.74) is 7.71. The molecule has 0 radical (unpaired) electrons. The minimum Gasteiger partial charge on any atom is -0.453 e. The Morgan fingerprint density at radius 2 is 2.36 bits per heavy atom. The van der Waals surface area contributed by atoms with Gasteiger partial charge in [0.2, 0.25) is 6.79 Å². The van der Waals surface area contributed by atoms with Crippen LogP contribution in [0, 0.1) is 0 Å². The van der Waals surface area contributed by atoms with Crippen molar-refractivity contribution in [3.63, 3.8) is 0 Å². The summed E-state index contributed by atoms with van der Waals surface area (Å²) in [4.78, 5) is 3.13. The van der Waals surface area contributed by atoms with E-state index >= 15 is 0 Å². The Balaban J connectivity index is 2.40. The lowest BCUT2D eigenvalue weighted by atomic mass is 10.1. The average Bonchev–Trinajstić information content (AvgIpc) is 2.83. The number of nitrogens with one attached hydrogen (secondary N) is 1. The van der Waals surface area contributed by atoms with E-state index in [2.05, 4.69) is 4.98 Å². The molecule has 1 aromatic heterocycles. The first-order valence-corrected chi connectivity index (χ1v) is 4.49. The summed E-state index contributed by atoms with van der Waals surface area (Å²) in [6.45, 7) is 0.794. The van der Waals surface area contributed by atoms with Crippen LogP contribution in [-0.4, -0.2) is 11.8 Å². The molecular formula is C10H10N2O2. The minimum atomic E-state index is 0.289. The summed E-state index contributed by atoms with van der Waals surface area (Å²) in [6.07, 6.45) is 1.88. The number of aromatic nitrogens is 1. The van der Waals surface area contributed by atoms with Crippen LogP contribution >= 0.6 is 0 Å². The molecular weight excluding hydrogens is 180 g/mol. The van der Waals surface area contributed by atoms with Crippen LogP contribution in [-0.2, 0) is 6.54 Å². The molecule has 1 aromatic carbocycles. The number of hydrogen-bond acceptors (Lipinski definition) is 3. The van der Waals surface area contributed by atoms with E-state index in [1.165, 1.54) is 0 Å². The normalized spacial score (nSPS) is 13.8. The molecule has 2 aromatic rings. The van der Waals surface area contributed by atoms with Crippen molar-refractivity contribution in [2.45, 2.75) is 6.54 Å². The number of fused-ring (bicyclic) bond motifs is 3. The molecule has 4 nitrogen and oxygen atoms in total. The van der Waals surface area contributed by atoms with Gasteiger partial charge in [0, 0.05) is 18.1 Å². The molecule has 4 heteroatoms. The Bertz CT molecular complexity index is 490. The van der Waals surface area contributed by atoms with Gasteiger partial charge >= 0.3 is 0 Å². The van der Waals surface area contributed by atoms with Crippen molar-refractivity contribution in [1.82, 2.24) is 4.98 Å². The lowest BCUT2D eigenvalue weighted by molar-refractivity contribution is 0.174. The molecule has 0 amide bonds. The Hall–Kier alpha value is -1.68. The Morgan fingerprint density at radius 3 is 3.21 bits per heavy atom. The molecule has 0 saturated heterocycles. The van der Waals surface area contributed by atoms with Gasteiger partial charge in [0.25, 0.3) is 0 Å². The fourth-order valence-electron chi connectivity index (χ4n) is 1.82. The molecule has 1 aliphatic heterocycles. The molecule has 1 aliphatic rings. The zero-order valence-corrected chi connectivity index (χ0v) is 7.54. The van der Waals surface area contributed by atoms with Gasteiger partial charge in [-0.3, -0.25) is 0 Å². The summed E-state index contributed by atoms with van der Waals surface area (Å²) in [6, 6.07) is 3.94. The van der Waals surface area contributed by atoms with Gasteiger partial charge < -0.3 is 20.2 Å². The Labute approximate surface area is 80.6 Å². The third-order valence-electron chi connectivity index (χ3n) is 2.49. The molecule has 0 fully saturated rings. The Morgan fingerprint density at radius 1 is 1.43 bits per heavy atom. The van der Waals surface area contributed by atoms with E-state index in [0.29, 0.717) is 6.54 Å². The van der Waals surface area contributed by atoms with Crippen LogP contribution in [0.3, 0.4) is 0 Å². The molecule has 0 unspecified atom stereocenters. The molecule has 3 N–H and O–H groups in total. The molecule has 0 bridgehead atoms. The van der Waals surface area contributed by atoms with Crippen molar-refractivity contribution in [3.05, 3.63) is 23.9 Å². The number of hydrogen-bond donors (Lipinski definition) is 2. The van der Waals surface area contributed by atoms with E-state index in [4.69, 9.17) is 15.2 Å². The number of ether oxygens (including phenoxy) is 2. The van der Waals surface area contributed by atoms with E-state index < -0.39 is 0 Å². The molecule has 0 saturated carbocycles. The van der Waals surface area contributed by atoms with Gasteiger partial charge in [-0.1, -0.05) is 0 Å². The molecule has 72 valence electrons. The zero-order valence-electron chi connectivity index (χ0n) is 7.54. The number of rotatable bonds is 1. The number of nitrogens with two attached hydrogens (primary N) is 1. The van der Waals surface area contributed by atoms with Crippen molar-refractivity contribution in [1.29, 1.82) is 0 Å². The maximum absolute atomic E-state index is 5.66. The van der Waals surface area contributed by atoms with Crippen molar-refractivity contribution >= 4 is 10.9 Å². The van der Waals surface area contributed by atoms with Crippen LogP contribution in [0.4, 0.5) is 0 Å². The Kier molecular flexibility index (Phi) is 1.46. The predicted octanol–water partition coefficient (Wildman–Crippen LogP) is 1.36. The predicted molar refractivity (Wildman–Crippen MR) is 52.3 cm³/mol. The lowest BCUT2D eigenvalue weighted by Crippen LogP contribution is -1.96. The second kappa shape index (κ2) is 2.65. The first kappa shape index (κ1) is 7.70. The highest BCUT2D eigenvalue weighted by atomic mass is 16.7. The summed E-state index contributed by atoms with van der Waals surface area (Å²) in [5.74, 6) is 1.57. The fourth-order valence-corrected chi connectivity index (χ4v) is 1.82. The monoisotopic (exact) mass is 190 g/mol. The summed E-state index contributed by atoms with van der Waals surface area (Å²) in [7, 11) is 0. The number of aromatic amines is 1. The van der Waals surface area contributed by atoms with Crippen LogP contribution in [0.15, 0.2) is 18.3 Å². The lowest BCUT2D eigenvalue weighted by Gasteiger charge is -2.03. The third kappa shape index (κ3) is 0.858. The van der Waals surface area contributed by atoms with Crippen LogP contribution in [0.25, 0.3) is 10.9 Å². The van der Waals surface area contributed by atoms with Gasteiger partial charge in [0.1, 0.15) is 0 Å². The van der Waals surface area contributed by atoms with Gasteiger partial charge in [-0.15, -0.1) is 0 Å². The van der Waals surface area contributed by atoms with Gasteiger partial charge in [-0.2, -0.15) is 0 Å². The molecule has 2 heterocycles. The SMILES string of the molecule is NCc1cc2c(c3[nH]ccc13)OCO2. The van der Waals surface area contributed by atoms with E-state index in [1.54, 1.807) is 0 Å². The van der Waals surface area contributed by atoms with Crippen molar-refractivity contribution in [3.8, 4) is 11.5 Å². The third-order valence-corrected chi connectivity index (χ3v) is 2.49. The average molecular weight is 190 g/mol. The quantitative estimate of drug-likeness (QED) is 0.713. The van der Waals surface area contributed by atoms with Gasteiger partial charge in [0.15, 0.2) is 11.5 Å². The summed E-state index contributed by atoms with van der Waals surface area (Å²) >= 11 is 0. The second-order valence-electron chi connectivity index (χ2n) is 3.24. The first-order valence-electron chi connectivity index (χ1n) is 4.49. The smallest absolute Gasteiger partial charge is 0.231 e. The van der Waals surface area contributed by atoms with Crippen molar-refractivity contribution < 1.29 is 9.47 Å². The van der Waals surface area contributed by atoms with E-state index in [1.807, 2.05) is 18.3 Å². The molecule has 0 aliphatic carbocycles. The van der Waals surface area contributed by atoms with Crippen LogP contribution < -0.4 is 15.2 Å². The van der Waals surface area contributed by atoms with E-state index in [0.717, 1.165) is 28.0 Å². The van der Waals surface area contributed by atoms with E-state index in [-0.39, 0.29) is 6.79 Å². The molecule has 0 atom stereocenters. The van der Waals surface area contributed by atoms with Crippen LogP contribution in [0.1, 0.15) is 5.56 Å². The van der Waals surface area contributed by atoms with Crippen molar-refractivity contribution in [2.24, 2.45) is 5.73 Å². The highest BCUT2D eigenvalue weighted by Crippen LogP contribution is 2.40. The molecule has 0 spiro atoms. The zero-order chi connectivity index (χ0) is 9.54. The highest BCUT2D eigenvalue weighted by molar-refractivity contribution is 5.91. The van der Waals surface area contributed by atoms with Gasteiger partial charge in [-0.25, -0.2) is 0 Å². The topological polar surface area (TPSA) is 60.3 Å². The summed E-state index contributed by atoms with van der Waals surface area (Å²) in [5, 5.41) is 1.11. The largest absolute Gasteiger partial charge is 0.453 e. The highest BCUT2D eigenvalue weighted by Gasteiger charge is 2.19. The van der Waals surface area contributed by atoms with Crippen LogP contribution in [0.5, 0.6) is 11.5 Å². The first-order chi connectivity index (χ1) is 6.90. The maximum Gasteiger partial charge on any atom is 0.231 e.